The monoisotopic (exact) mass is 428 g/mol. The molecule has 6 heteroatoms. The van der Waals surface area contributed by atoms with E-state index in [9.17, 15) is 5.26 Å². The Morgan fingerprint density at radius 3 is 2.72 bits per heavy atom. The number of benzene rings is 2. The quantitative estimate of drug-likeness (QED) is 0.546. The molecule has 1 heterocycles. The maximum atomic E-state index is 9.51. The Hall–Kier alpha value is -3.17. The van der Waals surface area contributed by atoms with Crippen LogP contribution in [-0.2, 0) is 5.41 Å². The summed E-state index contributed by atoms with van der Waals surface area (Å²) in [6.07, 6.45) is 4.48. The molecule has 0 saturated heterocycles. The lowest BCUT2D eigenvalue weighted by molar-refractivity contribution is 0.211. The Bertz CT molecular complexity index is 1130. The van der Waals surface area contributed by atoms with Crippen molar-refractivity contribution in [1.29, 1.82) is 5.26 Å². The van der Waals surface area contributed by atoms with Gasteiger partial charge in [-0.3, -0.25) is 0 Å². The number of ether oxygens (including phenoxy) is 1. The number of aromatic nitrogens is 2. The minimum atomic E-state index is -0.0651. The van der Waals surface area contributed by atoms with E-state index in [1.165, 1.54) is 18.4 Å². The summed E-state index contributed by atoms with van der Waals surface area (Å²) in [6.45, 7) is 4.74. The molecule has 6 nitrogen and oxygen atoms in total. The molecule has 1 aromatic heterocycles. The van der Waals surface area contributed by atoms with E-state index >= 15 is 0 Å². The second kappa shape index (κ2) is 8.40. The van der Waals surface area contributed by atoms with Crippen molar-refractivity contribution >= 4 is 0 Å². The minimum absolute atomic E-state index is 0.00175. The standard InChI is InChI=1S/C26H28N4O2/c1-17(2)31-23-10-9-19(13-20(23)15-27)24-29-25(30-32-24)26(11-6-12-26)16-28-22-14-21(22)18-7-4-3-5-8-18/h3-5,7-10,13,17,21-22,28H,6,11-12,14,16H2,1-2H3/t21-,22+/m1/s1. The summed E-state index contributed by atoms with van der Waals surface area (Å²) in [5.74, 6) is 2.39. The number of nitrogens with zero attached hydrogens (tertiary/aromatic N) is 3. The van der Waals surface area contributed by atoms with E-state index in [1.54, 1.807) is 12.1 Å². The summed E-state index contributed by atoms with van der Waals surface area (Å²) >= 11 is 0. The first-order valence-corrected chi connectivity index (χ1v) is 11.4. The van der Waals surface area contributed by atoms with Gasteiger partial charge >= 0.3 is 0 Å². The van der Waals surface area contributed by atoms with Crippen LogP contribution in [0.1, 0.15) is 62.4 Å². The molecule has 2 fully saturated rings. The summed E-state index contributed by atoms with van der Waals surface area (Å²) in [6, 6.07) is 18.9. The molecular weight excluding hydrogens is 400 g/mol. The van der Waals surface area contributed by atoms with Crippen molar-refractivity contribution in [3.8, 4) is 23.3 Å². The fourth-order valence-corrected chi connectivity index (χ4v) is 4.56. The molecular formula is C26H28N4O2. The Morgan fingerprint density at radius 1 is 1.22 bits per heavy atom. The van der Waals surface area contributed by atoms with Gasteiger partial charge in [0, 0.05) is 29.5 Å². The third kappa shape index (κ3) is 4.01. The van der Waals surface area contributed by atoms with Crippen molar-refractivity contribution in [2.45, 2.75) is 63.0 Å². The van der Waals surface area contributed by atoms with Crippen molar-refractivity contribution < 1.29 is 9.26 Å². The van der Waals surface area contributed by atoms with Crippen molar-refractivity contribution in [3.05, 3.63) is 65.5 Å². The van der Waals surface area contributed by atoms with Crippen LogP contribution in [0.3, 0.4) is 0 Å². The van der Waals surface area contributed by atoms with Crippen LogP contribution in [0.4, 0.5) is 0 Å². The normalized spacial score (nSPS) is 21.1. The second-order valence-electron chi connectivity index (χ2n) is 9.29. The highest BCUT2D eigenvalue weighted by Crippen LogP contribution is 2.45. The fourth-order valence-electron chi connectivity index (χ4n) is 4.56. The molecule has 2 atom stereocenters. The molecule has 0 unspecified atom stereocenters. The zero-order valence-electron chi connectivity index (χ0n) is 18.5. The predicted octanol–water partition coefficient (Wildman–Crippen LogP) is 4.96. The van der Waals surface area contributed by atoms with Gasteiger partial charge in [0.2, 0.25) is 0 Å². The third-order valence-electron chi connectivity index (χ3n) is 6.64. The molecule has 0 spiro atoms. The van der Waals surface area contributed by atoms with Gasteiger partial charge in [-0.1, -0.05) is 41.9 Å². The van der Waals surface area contributed by atoms with Gasteiger partial charge in [-0.05, 0) is 56.9 Å². The van der Waals surface area contributed by atoms with Gasteiger partial charge < -0.3 is 14.6 Å². The summed E-state index contributed by atoms with van der Waals surface area (Å²) in [4.78, 5) is 4.75. The molecule has 0 bridgehead atoms. The number of hydrogen-bond donors (Lipinski definition) is 1. The van der Waals surface area contributed by atoms with Gasteiger partial charge in [0.1, 0.15) is 11.8 Å². The molecule has 2 saturated carbocycles. The topological polar surface area (TPSA) is 84.0 Å². The molecule has 5 rings (SSSR count). The zero-order valence-corrected chi connectivity index (χ0v) is 18.5. The molecule has 2 aromatic carbocycles. The number of rotatable bonds is 8. The first-order valence-electron chi connectivity index (χ1n) is 11.4. The number of hydrogen-bond acceptors (Lipinski definition) is 6. The molecule has 3 aromatic rings. The van der Waals surface area contributed by atoms with Crippen LogP contribution >= 0.6 is 0 Å². The maximum Gasteiger partial charge on any atom is 0.257 e. The summed E-state index contributed by atoms with van der Waals surface area (Å²) in [5, 5.41) is 17.6. The highest BCUT2D eigenvalue weighted by Gasteiger charge is 2.46. The average Bonchev–Trinajstić information content (AvgIpc) is 3.39. The van der Waals surface area contributed by atoms with Crippen LogP contribution in [-0.4, -0.2) is 28.8 Å². The summed E-state index contributed by atoms with van der Waals surface area (Å²) in [5.41, 5.74) is 2.55. The van der Waals surface area contributed by atoms with Gasteiger partial charge in [-0.15, -0.1) is 0 Å². The van der Waals surface area contributed by atoms with Crippen molar-refractivity contribution in [3.63, 3.8) is 0 Å². The van der Waals surface area contributed by atoms with Crippen LogP contribution in [0, 0.1) is 11.3 Å². The van der Waals surface area contributed by atoms with E-state index in [-0.39, 0.29) is 11.5 Å². The van der Waals surface area contributed by atoms with E-state index in [0.717, 1.165) is 30.8 Å². The molecule has 0 radical (unpaired) electrons. The van der Waals surface area contributed by atoms with Crippen molar-refractivity contribution in [1.82, 2.24) is 15.5 Å². The summed E-state index contributed by atoms with van der Waals surface area (Å²) in [7, 11) is 0. The van der Waals surface area contributed by atoms with Crippen LogP contribution in [0.15, 0.2) is 53.1 Å². The Balaban J connectivity index is 1.29. The lowest BCUT2D eigenvalue weighted by atomic mass is 9.68. The van der Waals surface area contributed by atoms with Crippen molar-refractivity contribution in [2.75, 3.05) is 6.54 Å². The Labute approximate surface area is 188 Å². The minimum Gasteiger partial charge on any atom is -0.490 e. The maximum absolute atomic E-state index is 9.51. The smallest absolute Gasteiger partial charge is 0.257 e. The van der Waals surface area contributed by atoms with Gasteiger partial charge in [0.25, 0.3) is 5.89 Å². The Kier molecular flexibility index (Phi) is 5.44. The highest BCUT2D eigenvalue weighted by atomic mass is 16.5. The SMILES string of the molecule is CC(C)Oc1ccc(-c2nc(C3(CN[C@H]4C[C@@H]4c4ccccc4)CCC3)no2)cc1C#N. The molecule has 0 aliphatic heterocycles. The highest BCUT2D eigenvalue weighted by molar-refractivity contribution is 5.60. The Morgan fingerprint density at radius 2 is 2.03 bits per heavy atom. The second-order valence-corrected chi connectivity index (χ2v) is 9.29. The van der Waals surface area contributed by atoms with E-state index in [1.807, 2.05) is 19.9 Å². The van der Waals surface area contributed by atoms with Crippen LogP contribution in [0.2, 0.25) is 0 Å². The molecule has 32 heavy (non-hydrogen) atoms. The predicted molar refractivity (Wildman–Crippen MR) is 121 cm³/mol. The first kappa shape index (κ1) is 20.7. The van der Waals surface area contributed by atoms with Gasteiger partial charge in [0.05, 0.1) is 11.7 Å². The van der Waals surface area contributed by atoms with Gasteiger partial charge in [-0.2, -0.15) is 10.2 Å². The molecule has 1 N–H and O–H groups in total. The van der Waals surface area contributed by atoms with Crippen LogP contribution in [0.5, 0.6) is 5.75 Å². The molecule has 0 amide bonds. The van der Waals surface area contributed by atoms with E-state index < -0.39 is 0 Å². The van der Waals surface area contributed by atoms with Crippen molar-refractivity contribution in [2.24, 2.45) is 0 Å². The lowest BCUT2D eigenvalue weighted by Gasteiger charge is -2.39. The van der Waals surface area contributed by atoms with Gasteiger partial charge in [0.15, 0.2) is 5.82 Å². The number of nitrogens with one attached hydrogen (secondary N) is 1. The first-order chi connectivity index (χ1) is 15.6. The third-order valence-corrected chi connectivity index (χ3v) is 6.64. The van der Waals surface area contributed by atoms with Gasteiger partial charge in [-0.25, -0.2) is 0 Å². The average molecular weight is 429 g/mol. The molecule has 2 aliphatic carbocycles. The van der Waals surface area contributed by atoms with E-state index in [4.69, 9.17) is 14.2 Å². The molecule has 164 valence electrons. The van der Waals surface area contributed by atoms with Crippen LogP contribution in [0.25, 0.3) is 11.5 Å². The largest absolute Gasteiger partial charge is 0.490 e. The number of nitriles is 1. The fraction of sp³-hybridized carbons (Fsp3) is 0.423. The van der Waals surface area contributed by atoms with E-state index in [2.05, 4.69) is 46.9 Å². The lowest BCUT2D eigenvalue weighted by Crippen LogP contribution is -2.45. The van der Waals surface area contributed by atoms with E-state index in [0.29, 0.717) is 29.2 Å². The van der Waals surface area contributed by atoms with Crippen LogP contribution < -0.4 is 10.1 Å². The zero-order chi connectivity index (χ0) is 22.1. The summed E-state index contributed by atoms with van der Waals surface area (Å²) < 4.78 is 11.3. The molecule has 2 aliphatic rings.